The van der Waals surface area contributed by atoms with Crippen LogP contribution in [0.25, 0.3) is 0 Å². The van der Waals surface area contributed by atoms with E-state index in [0.717, 1.165) is 24.6 Å². The molecule has 1 aromatic heterocycles. The van der Waals surface area contributed by atoms with Crippen LogP contribution in [-0.2, 0) is 6.54 Å². The van der Waals surface area contributed by atoms with Gasteiger partial charge in [0.2, 0.25) is 0 Å². The van der Waals surface area contributed by atoms with Gasteiger partial charge in [0.1, 0.15) is 0 Å². The van der Waals surface area contributed by atoms with Gasteiger partial charge in [-0.25, -0.2) is 4.98 Å². The highest BCUT2D eigenvalue weighted by atomic mass is 15.3. The molecule has 0 spiro atoms. The minimum Gasteiger partial charge on any atom is -0.354 e. The fourth-order valence-electron chi connectivity index (χ4n) is 1.90. The van der Waals surface area contributed by atoms with E-state index in [2.05, 4.69) is 28.7 Å². The van der Waals surface area contributed by atoms with Crippen molar-refractivity contribution < 1.29 is 0 Å². The van der Waals surface area contributed by atoms with Gasteiger partial charge < -0.3 is 10.6 Å². The molecule has 2 rings (SSSR count). The number of anilines is 1. The van der Waals surface area contributed by atoms with E-state index in [4.69, 9.17) is 5.73 Å². The van der Waals surface area contributed by atoms with E-state index < -0.39 is 0 Å². The summed E-state index contributed by atoms with van der Waals surface area (Å²) in [5.74, 6) is 0.953. The SMILES string of the molecule is CC1(C)CN(c2nccnc2CN)C1. The number of nitrogens with zero attached hydrogens (tertiary/aromatic N) is 3. The van der Waals surface area contributed by atoms with E-state index in [-0.39, 0.29) is 0 Å². The maximum atomic E-state index is 5.61. The van der Waals surface area contributed by atoms with Crippen molar-refractivity contribution >= 4 is 5.82 Å². The zero-order valence-corrected chi connectivity index (χ0v) is 8.70. The summed E-state index contributed by atoms with van der Waals surface area (Å²) in [6, 6.07) is 0. The summed E-state index contributed by atoms with van der Waals surface area (Å²) < 4.78 is 0. The average Bonchev–Trinajstić information content (AvgIpc) is 2.14. The fraction of sp³-hybridized carbons (Fsp3) is 0.600. The van der Waals surface area contributed by atoms with Gasteiger partial charge in [0, 0.05) is 32.0 Å². The van der Waals surface area contributed by atoms with Crippen molar-refractivity contribution in [2.75, 3.05) is 18.0 Å². The van der Waals surface area contributed by atoms with Crippen molar-refractivity contribution in [2.24, 2.45) is 11.1 Å². The lowest BCUT2D eigenvalue weighted by molar-refractivity contribution is 0.274. The van der Waals surface area contributed by atoms with Gasteiger partial charge in [0.25, 0.3) is 0 Å². The van der Waals surface area contributed by atoms with Crippen LogP contribution in [0.3, 0.4) is 0 Å². The summed E-state index contributed by atoms with van der Waals surface area (Å²) in [5, 5.41) is 0. The van der Waals surface area contributed by atoms with Crippen molar-refractivity contribution in [3.05, 3.63) is 18.1 Å². The predicted octanol–water partition coefficient (Wildman–Crippen LogP) is 0.781. The molecule has 0 unspecified atom stereocenters. The highest BCUT2D eigenvalue weighted by Crippen LogP contribution is 2.33. The minimum atomic E-state index is 0.406. The first-order chi connectivity index (χ1) is 6.62. The van der Waals surface area contributed by atoms with Crippen molar-refractivity contribution in [1.29, 1.82) is 0 Å². The van der Waals surface area contributed by atoms with E-state index in [1.807, 2.05) is 0 Å². The Morgan fingerprint density at radius 3 is 2.57 bits per heavy atom. The predicted molar refractivity (Wildman–Crippen MR) is 55.9 cm³/mol. The maximum absolute atomic E-state index is 5.61. The lowest BCUT2D eigenvalue weighted by Gasteiger charge is -2.46. The zero-order chi connectivity index (χ0) is 10.2. The molecule has 2 heterocycles. The number of rotatable bonds is 2. The van der Waals surface area contributed by atoms with Crippen LogP contribution in [0.5, 0.6) is 0 Å². The second-order valence-corrected chi connectivity index (χ2v) is 4.55. The van der Waals surface area contributed by atoms with Crippen LogP contribution < -0.4 is 10.6 Å². The van der Waals surface area contributed by atoms with Crippen LogP contribution in [-0.4, -0.2) is 23.1 Å². The molecule has 0 aliphatic carbocycles. The maximum Gasteiger partial charge on any atom is 0.151 e. The molecule has 76 valence electrons. The highest BCUT2D eigenvalue weighted by molar-refractivity contribution is 5.46. The van der Waals surface area contributed by atoms with E-state index >= 15 is 0 Å². The van der Waals surface area contributed by atoms with Gasteiger partial charge in [-0.3, -0.25) is 4.98 Å². The smallest absolute Gasteiger partial charge is 0.151 e. The van der Waals surface area contributed by atoms with Crippen molar-refractivity contribution in [2.45, 2.75) is 20.4 Å². The first-order valence-corrected chi connectivity index (χ1v) is 4.87. The van der Waals surface area contributed by atoms with E-state index in [1.54, 1.807) is 12.4 Å². The summed E-state index contributed by atoms with van der Waals surface area (Å²) in [7, 11) is 0. The molecule has 0 aromatic carbocycles. The lowest BCUT2D eigenvalue weighted by atomic mass is 9.84. The standard InChI is InChI=1S/C10H16N4/c1-10(2)6-14(7-10)9-8(5-11)12-3-4-13-9/h3-4H,5-7,11H2,1-2H3. The third-order valence-corrected chi connectivity index (χ3v) is 2.48. The molecule has 0 radical (unpaired) electrons. The summed E-state index contributed by atoms with van der Waals surface area (Å²) in [6.45, 7) is 7.04. The third kappa shape index (κ3) is 1.57. The van der Waals surface area contributed by atoms with Crippen molar-refractivity contribution in [3.8, 4) is 0 Å². The van der Waals surface area contributed by atoms with Gasteiger partial charge in [0.05, 0.1) is 5.69 Å². The normalized spacial score (nSPS) is 19.2. The first kappa shape index (κ1) is 9.40. The third-order valence-electron chi connectivity index (χ3n) is 2.48. The summed E-state index contributed by atoms with van der Waals surface area (Å²) in [5.41, 5.74) is 6.90. The molecule has 0 bridgehead atoms. The second-order valence-electron chi connectivity index (χ2n) is 4.55. The van der Waals surface area contributed by atoms with E-state index in [1.165, 1.54) is 0 Å². The van der Waals surface area contributed by atoms with Crippen LogP contribution in [0.4, 0.5) is 5.82 Å². The molecule has 1 aromatic rings. The number of nitrogens with two attached hydrogens (primary N) is 1. The van der Waals surface area contributed by atoms with Crippen LogP contribution in [0.2, 0.25) is 0 Å². The molecule has 1 saturated heterocycles. The van der Waals surface area contributed by atoms with Gasteiger partial charge in [-0.15, -0.1) is 0 Å². The molecule has 2 N–H and O–H groups in total. The molecule has 0 amide bonds. The molecular formula is C10H16N4. The Labute approximate surface area is 84.2 Å². The molecule has 14 heavy (non-hydrogen) atoms. The highest BCUT2D eigenvalue weighted by Gasteiger charge is 2.35. The molecule has 1 aliphatic heterocycles. The van der Waals surface area contributed by atoms with Crippen LogP contribution in [0.15, 0.2) is 12.4 Å². The number of aromatic nitrogens is 2. The van der Waals surface area contributed by atoms with E-state index in [9.17, 15) is 0 Å². The summed E-state index contributed by atoms with van der Waals surface area (Å²) in [6.07, 6.45) is 3.41. The lowest BCUT2D eigenvalue weighted by Crippen LogP contribution is -2.53. The number of hydrogen-bond acceptors (Lipinski definition) is 4. The quantitative estimate of drug-likeness (QED) is 0.752. The fourth-order valence-corrected chi connectivity index (χ4v) is 1.90. The monoisotopic (exact) mass is 192 g/mol. The zero-order valence-electron chi connectivity index (χ0n) is 8.70. The van der Waals surface area contributed by atoms with Crippen LogP contribution >= 0.6 is 0 Å². The Kier molecular flexibility index (Phi) is 2.15. The molecule has 0 atom stereocenters. The summed E-state index contributed by atoms with van der Waals surface area (Å²) in [4.78, 5) is 10.8. The molecule has 1 fully saturated rings. The van der Waals surface area contributed by atoms with Crippen molar-refractivity contribution in [3.63, 3.8) is 0 Å². The topological polar surface area (TPSA) is 55.0 Å². The van der Waals surface area contributed by atoms with Crippen LogP contribution in [0.1, 0.15) is 19.5 Å². The first-order valence-electron chi connectivity index (χ1n) is 4.87. The van der Waals surface area contributed by atoms with Gasteiger partial charge in [-0.1, -0.05) is 13.8 Å². The molecular weight excluding hydrogens is 176 g/mol. The van der Waals surface area contributed by atoms with Crippen LogP contribution in [0, 0.1) is 5.41 Å². The van der Waals surface area contributed by atoms with Gasteiger partial charge in [-0.05, 0) is 5.41 Å². The Balaban J connectivity index is 2.18. The van der Waals surface area contributed by atoms with Gasteiger partial charge >= 0.3 is 0 Å². The summed E-state index contributed by atoms with van der Waals surface area (Å²) >= 11 is 0. The van der Waals surface area contributed by atoms with Gasteiger partial charge in [-0.2, -0.15) is 0 Å². The average molecular weight is 192 g/mol. The Morgan fingerprint density at radius 1 is 1.36 bits per heavy atom. The van der Waals surface area contributed by atoms with Gasteiger partial charge in [0.15, 0.2) is 5.82 Å². The largest absolute Gasteiger partial charge is 0.354 e. The number of hydrogen-bond donors (Lipinski definition) is 1. The van der Waals surface area contributed by atoms with Crippen molar-refractivity contribution in [1.82, 2.24) is 9.97 Å². The molecule has 1 aliphatic rings. The Bertz CT molecular complexity index is 327. The second kappa shape index (κ2) is 3.20. The van der Waals surface area contributed by atoms with E-state index in [0.29, 0.717) is 12.0 Å². The molecule has 0 saturated carbocycles. The Morgan fingerprint density at radius 2 is 2.00 bits per heavy atom. The molecule has 4 heteroatoms. The minimum absolute atomic E-state index is 0.406. The Hall–Kier alpha value is -1.16. The molecule has 4 nitrogen and oxygen atoms in total.